The smallest absolute Gasteiger partial charge is 0.325 e. The van der Waals surface area contributed by atoms with Crippen molar-refractivity contribution in [2.75, 3.05) is 20.3 Å². The third-order valence-corrected chi connectivity index (χ3v) is 3.30. The van der Waals surface area contributed by atoms with Crippen molar-refractivity contribution < 1.29 is 14.6 Å². The molecule has 19 heavy (non-hydrogen) atoms. The highest BCUT2D eigenvalue weighted by molar-refractivity contribution is 5.77. The van der Waals surface area contributed by atoms with Gasteiger partial charge in [0.1, 0.15) is 6.04 Å². The van der Waals surface area contributed by atoms with E-state index in [9.17, 15) is 9.90 Å². The van der Waals surface area contributed by atoms with Gasteiger partial charge in [-0.05, 0) is 24.6 Å². The first-order valence-corrected chi connectivity index (χ1v) is 6.42. The fourth-order valence-corrected chi connectivity index (χ4v) is 2.38. The second kappa shape index (κ2) is 6.50. The molecule has 1 aromatic rings. The number of aliphatic carboxylic acids is 1. The van der Waals surface area contributed by atoms with Gasteiger partial charge in [0.05, 0.1) is 13.2 Å². The lowest BCUT2D eigenvalue weighted by Crippen LogP contribution is -2.40. The Kier molecular flexibility index (Phi) is 4.71. The quantitative estimate of drug-likeness (QED) is 0.823. The molecule has 0 unspecified atom stereocenters. The van der Waals surface area contributed by atoms with E-state index < -0.39 is 12.0 Å². The Morgan fingerprint density at radius 2 is 2.16 bits per heavy atom. The van der Waals surface area contributed by atoms with Gasteiger partial charge < -0.3 is 9.84 Å². The average Bonchev–Trinajstić information content (AvgIpc) is 2.40. The lowest BCUT2D eigenvalue weighted by Gasteiger charge is -2.28. The van der Waals surface area contributed by atoms with Crippen LogP contribution >= 0.6 is 0 Å². The molecule has 0 amide bonds. The molecular weight excluding hydrogens is 242 g/mol. The number of benzene rings is 1. The van der Waals surface area contributed by atoms with Crippen LogP contribution in [0.5, 0.6) is 0 Å². The van der Waals surface area contributed by atoms with Crippen molar-refractivity contribution in [2.45, 2.75) is 19.0 Å². The van der Waals surface area contributed by atoms with E-state index >= 15 is 0 Å². The minimum Gasteiger partial charge on any atom is -0.480 e. The largest absolute Gasteiger partial charge is 0.480 e. The first-order chi connectivity index (χ1) is 9.18. The van der Waals surface area contributed by atoms with Gasteiger partial charge in [-0.2, -0.15) is 0 Å². The number of carbonyl (C=O) groups is 1. The van der Waals surface area contributed by atoms with E-state index in [1.54, 1.807) is 0 Å². The van der Waals surface area contributed by atoms with E-state index in [1.165, 1.54) is 0 Å². The summed E-state index contributed by atoms with van der Waals surface area (Å²) in [6, 6.07) is 9.34. The van der Waals surface area contributed by atoms with Crippen LogP contribution < -0.4 is 0 Å². The number of carboxylic acids is 1. The Balaban J connectivity index is 2.10. The van der Waals surface area contributed by atoms with Gasteiger partial charge in [0.25, 0.3) is 0 Å². The Morgan fingerprint density at radius 1 is 1.42 bits per heavy atom. The maximum absolute atomic E-state index is 11.5. The van der Waals surface area contributed by atoms with Crippen LogP contribution in [0.15, 0.2) is 42.0 Å². The molecule has 0 radical (unpaired) electrons. The summed E-state index contributed by atoms with van der Waals surface area (Å²) in [5.41, 5.74) is 2.06. The summed E-state index contributed by atoms with van der Waals surface area (Å²) in [5.74, 6) is -0.799. The highest BCUT2D eigenvalue weighted by Crippen LogP contribution is 2.19. The predicted octanol–water partition coefficient (Wildman–Crippen LogP) is 1.92. The van der Waals surface area contributed by atoms with E-state index in [2.05, 4.69) is 0 Å². The van der Waals surface area contributed by atoms with Crippen molar-refractivity contribution >= 4 is 5.97 Å². The van der Waals surface area contributed by atoms with E-state index in [-0.39, 0.29) is 0 Å². The summed E-state index contributed by atoms with van der Waals surface area (Å²) in [4.78, 5) is 13.4. The van der Waals surface area contributed by atoms with Crippen LogP contribution in [0, 0.1) is 0 Å². The van der Waals surface area contributed by atoms with Gasteiger partial charge in [-0.3, -0.25) is 9.69 Å². The highest BCUT2D eigenvalue weighted by atomic mass is 16.5. The van der Waals surface area contributed by atoms with Crippen molar-refractivity contribution in [3.63, 3.8) is 0 Å². The Morgan fingerprint density at radius 3 is 2.74 bits per heavy atom. The van der Waals surface area contributed by atoms with Crippen LogP contribution in [0.4, 0.5) is 0 Å². The summed E-state index contributed by atoms with van der Waals surface area (Å²) in [7, 11) is 1.85. The molecule has 1 aliphatic heterocycles. The molecule has 0 aromatic heterocycles. The van der Waals surface area contributed by atoms with Crippen molar-refractivity contribution in [3.8, 4) is 0 Å². The lowest BCUT2D eigenvalue weighted by atomic mass is 10.0. The fourth-order valence-electron chi connectivity index (χ4n) is 2.38. The third-order valence-electron chi connectivity index (χ3n) is 3.30. The summed E-state index contributed by atoms with van der Waals surface area (Å²) >= 11 is 0. The first-order valence-electron chi connectivity index (χ1n) is 6.42. The molecule has 0 bridgehead atoms. The summed E-state index contributed by atoms with van der Waals surface area (Å²) in [6.45, 7) is 1.74. The summed E-state index contributed by atoms with van der Waals surface area (Å²) < 4.78 is 5.24. The van der Waals surface area contributed by atoms with Crippen LogP contribution in [0.3, 0.4) is 0 Å². The zero-order chi connectivity index (χ0) is 13.7. The molecule has 0 saturated carbocycles. The number of carboxylic acid groups (broad SMARTS) is 1. The molecule has 1 aromatic carbocycles. The van der Waals surface area contributed by atoms with Crippen LogP contribution in [-0.4, -0.2) is 42.3 Å². The molecule has 1 atom stereocenters. The number of likely N-dealkylation sites (N-methyl/N-ethyl adjacent to an activating group) is 1. The number of hydrogen-bond acceptors (Lipinski definition) is 3. The van der Waals surface area contributed by atoms with E-state index in [1.807, 2.05) is 48.4 Å². The van der Waals surface area contributed by atoms with Gasteiger partial charge in [0, 0.05) is 6.54 Å². The van der Waals surface area contributed by atoms with E-state index in [0.29, 0.717) is 26.2 Å². The fraction of sp³-hybridized carbons (Fsp3) is 0.400. The third kappa shape index (κ3) is 3.66. The van der Waals surface area contributed by atoms with Gasteiger partial charge in [0.2, 0.25) is 0 Å². The van der Waals surface area contributed by atoms with Crippen molar-refractivity contribution in [1.29, 1.82) is 0 Å². The Bertz CT molecular complexity index is 456. The number of nitrogens with zero attached hydrogens (tertiary/aromatic N) is 1. The Hall–Kier alpha value is -1.65. The average molecular weight is 261 g/mol. The molecule has 4 nitrogen and oxygen atoms in total. The molecule has 2 rings (SSSR count). The molecule has 4 heteroatoms. The van der Waals surface area contributed by atoms with Crippen molar-refractivity contribution in [2.24, 2.45) is 0 Å². The molecule has 1 aliphatic rings. The van der Waals surface area contributed by atoms with Gasteiger partial charge >= 0.3 is 5.97 Å². The first kappa shape index (κ1) is 13.8. The minimum absolute atomic E-state index is 0.512. The number of rotatable bonds is 5. The second-order valence-electron chi connectivity index (χ2n) is 4.75. The molecule has 0 fully saturated rings. The second-order valence-corrected chi connectivity index (χ2v) is 4.75. The van der Waals surface area contributed by atoms with Gasteiger partial charge in [-0.25, -0.2) is 0 Å². The van der Waals surface area contributed by atoms with Crippen LogP contribution in [-0.2, 0) is 16.1 Å². The molecule has 102 valence electrons. The lowest BCUT2D eigenvalue weighted by molar-refractivity contribution is -0.141. The molecule has 0 saturated heterocycles. The highest BCUT2D eigenvalue weighted by Gasteiger charge is 2.27. The molecule has 1 N–H and O–H groups in total. The molecule has 0 spiro atoms. The monoisotopic (exact) mass is 261 g/mol. The zero-order valence-corrected chi connectivity index (χ0v) is 11.1. The summed E-state index contributed by atoms with van der Waals surface area (Å²) in [6.07, 6.45) is 2.58. The maximum atomic E-state index is 11.5. The number of ether oxygens (including phenoxy) is 1. The van der Waals surface area contributed by atoms with Gasteiger partial charge in [-0.15, -0.1) is 0 Å². The van der Waals surface area contributed by atoms with Crippen molar-refractivity contribution in [3.05, 3.63) is 47.5 Å². The minimum atomic E-state index is -0.799. The summed E-state index contributed by atoms with van der Waals surface area (Å²) in [5, 5.41) is 9.45. The predicted molar refractivity (Wildman–Crippen MR) is 72.9 cm³/mol. The van der Waals surface area contributed by atoms with Crippen LogP contribution in [0.25, 0.3) is 0 Å². The topological polar surface area (TPSA) is 49.8 Å². The Labute approximate surface area is 113 Å². The number of hydrogen-bond donors (Lipinski definition) is 1. The molecular formula is C15H19NO3. The van der Waals surface area contributed by atoms with Gasteiger partial charge in [-0.1, -0.05) is 36.4 Å². The zero-order valence-electron chi connectivity index (χ0n) is 11.1. The van der Waals surface area contributed by atoms with Crippen LogP contribution in [0.2, 0.25) is 0 Å². The molecule has 0 aliphatic carbocycles. The van der Waals surface area contributed by atoms with Gasteiger partial charge in [0.15, 0.2) is 0 Å². The maximum Gasteiger partial charge on any atom is 0.325 e. The van der Waals surface area contributed by atoms with E-state index in [0.717, 1.165) is 11.1 Å². The normalized spacial score (nSPS) is 17.1. The van der Waals surface area contributed by atoms with Crippen LogP contribution in [0.1, 0.15) is 12.0 Å². The SMILES string of the molecule is CN(Cc1ccccc1)[C@@H](C(=O)O)C1=CCOCC1. The van der Waals surface area contributed by atoms with E-state index in [4.69, 9.17) is 4.74 Å². The van der Waals surface area contributed by atoms with Crippen molar-refractivity contribution in [1.82, 2.24) is 4.90 Å². The standard InChI is InChI=1S/C15H19NO3/c1-16(11-12-5-3-2-4-6-12)14(15(17)18)13-7-9-19-10-8-13/h2-7,14H,8-11H2,1H3,(H,17,18)/t14-/m1/s1. The molecule has 1 heterocycles.